The molecule has 4 aromatic carbocycles. The molecule has 0 saturated carbocycles. The van der Waals surface area contributed by atoms with Gasteiger partial charge in [0.15, 0.2) is 17.5 Å². The molecule has 4 heterocycles. The Bertz CT molecular complexity index is 3350. The molecule has 2 aliphatic heterocycles. The lowest BCUT2D eigenvalue weighted by Gasteiger charge is -2.36. The van der Waals surface area contributed by atoms with Gasteiger partial charge >= 0.3 is 0 Å². The van der Waals surface area contributed by atoms with Crippen molar-refractivity contribution in [2.45, 2.75) is 72.3 Å². The second kappa shape index (κ2) is 20.1. The first kappa shape index (κ1) is 46.6. The number of fused-ring (bicyclic) bond motifs is 3. The van der Waals surface area contributed by atoms with Crippen molar-refractivity contribution in [2.75, 3.05) is 9.80 Å². The second-order valence-corrected chi connectivity index (χ2v) is 18.6. The van der Waals surface area contributed by atoms with Crippen molar-refractivity contribution < 1.29 is 0 Å². The maximum absolute atomic E-state index is 5.38. The molecule has 7 nitrogen and oxygen atoms in total. The lowest BCUT2D eigenvalue weighted by Crippen LogP contribution is -2.26. The Labute approximate surface area is 419 Å². The highest BCUT2D eigenvalue weighted by atomic mass is 15.2. The van der Waals surface area contributed by atoms with Crippen molar-refractivity contribution in [2.24, 2.45) is 10.9 Å². The van der Waals surface area contributed by atoms with E-state index < -0.39 is 0 Å². The third-order valence-corrected chi connectivity index (χ3v) is 14.6. The largest absolute Gasteiger partial charge is 0.331 e. The van der Waals surface area contributed by atoms with E-state index in [1.54, 1.807) is 0 Å². The van der Waals surface area contributed by atoms with Crippen LogP contribution in [0.15, 0.2) is 200 Å². The van der Waals surface area contributed by atoms with Crippen molar-refractivity contribution in [3.8, 4) is 28.5 Å². The molecule has 0 N–H and O–H groups in total. The highest BCUT2D eigenvalue weighted by Crippen LogP contribution is 2.51. The zero-order chi connectivity index (χ0) is 49.2. The van der Waals surface area contributed by atoms with Crippen molar-refractivity contribution in [3.63, 3.8) is 0 Å². The summed E-state index contributed by atoms with van der Waals surface area (Å²) < 4.78 is 2.55. The van der Waals surface area contributed by atoms with Gasteiger partial charge in [-0.15, -0.1) is 6.58 Å². The van der Waals surface area contributed by atoms with Gasteiger partial charge < -0.3 is 14.4 Å². The van der Waals surface area contributed by atoms with Gasteiger partial charge in [0.25, 0.3) is 0 Å². The van der Waals surface area contributed by atoms with Gasteiger partial charge in [0.05, 0.1) is 23.1 Å². The summed E-state index contributed by atoms with van der Waals surface area (Å²) in [7, 11) is 0. The molecule has 6 aromatic rings. The van der Waals surface area contributed by atoms with Gasteiger partial charge in [0.2, 0.25) is 0 Å². The fraction of sp³-hybridized carbons (Fsp3) is 0.188. The third kappa shape index (κ3) is 8.35. The van der Waals surface area contributed by atoms with Crippen LogP contribution in [0.5, 0.6) is 0 Å². The fourth-order valence-corrected chi connectivity index (χ4v) is 11.2. The van der Waals surface area contributed by atoms with Crippen LogP contribution in [0.3, 0.4) is 0 Å². The van der Waals surface area contributed by atoms with E-state index in [2.05, 4.69) is 194 Å². The molecule has 7 heteroatoms. The molecule has 0 bridgehead atoms. The summed E-state index contributed by atoms with van der Waals surface area (Å²) in [5.41, 5.74) is 20.6. The normalized spacial score (nSPS) is 18.5. The van der Waals surface area contributed by atoms with Gasteiger partial charge in [0.1, 0.15) is 0 Å². The smallest absolute Gasteiger partial charge is 0.166 e. The molecule has 352 valence electrons. The Kier molecular flexibility index (Phi) is 13.2. The van der Waals surface area contributed by atoms with Crippen molar-refractivity contribution in [1.82, 2.24) is 19.5 Å². The highest BCUT2D eigenvalue weighted by Gasteiger charge is 2.37. The van der Waals surface area contributed by atoms with E-state index in [0.717, 1.165) is 82.9 Å². The van der Waals surface area contributed by atoms with Crippen LogP contribution in [-0.4, -0.2) is 32.3 Å². The standard InChI is InChI=1S/C64H61N7/c1-9-26-50-43(6)70(58-36-23-19-31-51(50)58)61-54(64-67-62(46-27-15-13-16-28-46)66-63(68-64)47-29-17-14-18-30-47)34-25-38-60(61)69-44(7)56(53-33-21-22-35-57(53)69)39-45(10-2)42(5)55-40-49(41-65-8)71(48(11-3)12-4)59-37-24-20-32-52(55)59/h9-13,15-17,19-21,23-34,36-38,41,43,45H,1-3,8,14,18,22,35,39-40H2,4-7H3/b48-12+,49-41+,50-26+,55-42-. The first-order valence-electron chi connectivity index (χ1n) is 24.9. The number of anilines is 3. The molecule has 0 saturated heterocycles. The minimum atomic E-state index is -0.0328. The zero-order valence-electron chi connectivity index (χ0n) is 41.4. The summed E-state index contributed by atoms with van der Waals surface area (Å²) in [6.07, 6.45) is 28.7. The lowest BCUT2D eigenvalue weighted by atomic mass is 9.82. The van der Waals surface area contributed by atoms with Gasteiger partial charge in [0, 0.05) is 74.8 Å². The van der Waals surface area contributed by atoms with Crippen molar-refractivity contribution >= 4 is 46.6 Å². The van der Waals surface area contributed by atoms with E-state index in [0.29, 0.717) is 23.9 Å². The molecular formula is C64H61N7. The number of hydrogen-bond acceptors (Lipinski definition) is 6. The van der Waals surface area contributed by atoms with Crippen LogP contribution in [0, 0.1) is 12.8 Å². The number of aromatic nitrogens is 4. The molecule has 10 rings (SSSR count). The molecule has 0 radical (unpaired) electrons. The number of hydrogen-bond donors (Lipinski definition) is 0. The third-order valence-electron chi connectivity index (χ3n) is 14.6. The second-order valence-electron chi connectivity index (χ2n) is 18.6. The summed E-state index contributed by atoms with van der Waals surface area (Å²) in [5, 5.41) is 0. The first-order chi connectivity index (χ1) is 34.8. The van der Waals surface area contributed by atoms with Crippen molar-refractivity contribution in [3.05, 3.63) is 234 Å². The number of benzene rings is 4. The first-order valence-corrected chi connectivity index (χ1v) is 24.9. The average molecular weight is 928 g/mol. The average Bonchev–Trinajstić information content (AvgIpc) is 3.86. The van der Waals surface area contributed by atoms with Crippen LogP contribution >= 0.6 is 0 Å². The number of para-hydroxylation sites is 3. The van der Waals surface area contributed by atoms with Crippen LogP contribution in [0.2, 0.25) is 0 Å². The van der Waals surface area contributed by atoms with Crippen molar-refractivity contribution in [1.29, 1.82) is 0 Å². The van der Waals surface area contributed by atoms with E-state index in [1.165, 1.54) is 50.4 Å². The molecule has 2 atom stereocenters. The van der Waals surface area contributed by atoms with E-state index in [1.807, 2.05) is 43.5 Å². The fourth-order valence-electron chi connectivity index (χ4n) is 11.2. The molecule has 0 amide bonds. The van der Waals surface area contributed by atoms with Crippen LogP contribution in [-0.2, 0) is 12.8 Å². The topological polar surface area (TPSA) is 62.4 Å². The van der Waals surface area contributed by atoms with Crippen LogP contribution in [0.4, 0.5) is 17.1 Å². The summed E-state index contributed by atoms with van der Waals surface area (Å²) >= 11 is 0. The van der Waals surface area contributed by atoms with Crippen LogP contribution < -0.4 is 9.80 Å². The number of aliphatic imine (C=N–C) groups is 1. The molecular weight excluding hydrogens is 867 g/mol. The Hall–Kier alpha value is -8.16. The zero-order valence-corrected chi connectivity index (χ0v) is 41.4. The van der Waals surface area contributed by atoms with E-state index >= 15 is 0 Å². The number of allylic oxidation sites excluding steroid dienone is 12. The van der Waals surface area contributed by atoms with Gasteiger partial charge in [-0.1, -0.05) is 146 Å². The molecule has 0 fully saturated rings. The Morgan fingerprint density at radius 3 is 2.23 bits per heavy atom. The maximum Gasteiger partial charge on any atom is 0.166 e. The van der Waals surface area contributed by atoms with Gasteiger partial charge in [-0.2, -0.15) is 0 Å². The van der Waals surface area contributed by atoms with E-state index in [4.69, 9.17) is 15.0 Å². The minimum absolute atomic E-state index is 0.0328. The Balaban J connectivity index is 1.18. The monoisotopic (exact) mass is 927 g/mol. The maximum atomic E-state index is 5.38. The van der Waals surface area contributed by atoms with E-state index in [-0.39, 0.29) is 12.0 Å². The summed E-state index contributed by atoms with van der Waals surface area (Å²) in [4.78, 5) is 24.9. The van der Waals surface area contributed by atoms with Gasteiger partial charge in [-0.05, 0) is 119 Å². The number of rotatable bonds is 13. The number of nitrogens with zero attached hydrogens (tertiary/aromatic N) is 7. The molecule has 2 aromatic heterocycles. The van der Waals surface area contributed by atoms with Gasteiger partial charge in [-0.3, -0.25) is 4.99 Å². The molecule has 2 aliphatic carbocycles. The molecule has 4 aliphatic rings. The summed E-state index contributed by atoms with van der Waals surface area (Å²) in [6.45, 7) is 25.6. The van der Waals surface area contributed by atoms with Gasteiger partial charge in [-0.25, -0.2) is 15.0 Å². The van der Waals surface area contributed by atoms with Crippen LogP contribution in [0.25, 0.3) is 51.3 Å². The van der Waals surface area contributed by atoms with Crippen LogP contribution in [0.1, 0.15) is 85.9 Å². The molecule has 71 heavy (non-hydrogen) atoms. The predicted octanol–water partition coefficient (Wildman–Crippen LogP) is 15.8. The minimum Gasteiger partial charge on any atom is -0.331 e. The highest BCUT2D eigenvalue weighted by molar-refractivity contribution is 5.98. The quantitative estimate of drug-likeness (QED) is 0.0656. The predicted molar refractivity (Wildman–Crippen MR) is 300 cm³/mol. The molecule has 0 spiro atoms. The summed E-state index contributed by atoms with van der Waals surface area (Å²) in [6, 6.07) is 34.3. The molecule has 2 unspecified atom stereocenters. The summed E-state index contributed by atoms with van der Waals surface area (Å²) in [5.74, 6) is 1.99. The lowest BCUT2D eigenvalue weighted by molar-refractivity contribution is 0.745. The van der Waals surface area contributed by atoms with E-state index in [9.17, 15) is 0 Å². The Morgan fingerprint density at radius 1 is 0.789 bits per heavy atom. The SMILES string of the molecule is C=C/C=C1/c2ccccc2N(c2c(-c3nc(C4=CCCC=C4)nc(-c4ccccc4)n3)cccc2-n2c(C)c(CC(C=C)/C(C)=C3/C/C(=C\N=C)N(/C(C=C)=C/C)c4ccccc43)c3c2CCC=C3)C1C. The Morgan fingerprint density at radius 2 is 1.49 bits per heavy atom.